The van der Waals surface area contributed by atoms with Gasteiger partial charge in [0.15, 0.2) is 12.0 Å². The summed E-state index contributed by atoms with van der Waals surface area (Å²) in [6.45, 7) is 6.16. The number of hydrogen-bond donors (Lipinski definition) is 2. The number of carbonyl (C=O) groups excluding carboxylic acids is 1. The average Bonchev–Trinajstić information content (AvgIpc) is 3.88. The van der Waals surface area contributed by atoms with Crippen LogP contribution in [0.5, 0.6) is 0 Å². The molecule has 0 unspecified atom stereocenters. The van der Waals surface area contributed by atoms with E-state index in [1.165, 1.54) is 16.4 Å². The van der Waals surface area contributed by atoms with Gasteiger partial charge in [0, 0.05) is 24.7 Å². The lowest BCUT2D eigenvalue weighted by molar-refractivity contribution is -0.0907. The molecule has 2 aliphatic heterocycles. The highest BCUT2D eigenvalue weighted by Crippen LogP contribution is 2.33. The van der Waals surface area contributed by atoms with E-state index in [1.807, 2.05) is 44.2 Å². The van der Waals surface area contributed by atoms with E-state index in [0.717, 1.165) is 12.0 Å². The second-order valence-corrected chi connectivity index (χ2v) is 14.4. The van der Waals surface area contributed by atoms with E-state index >= 15 is 0 Å². The standard InChI is InChI=1S/C33H39N5O9S/c1-20(2)17-38(48(41,42)24-11-9-23(10-12-24)30-35-31(47-37-30)27-15-21(3)46-36-27)18-28(39)26(16-22-7-5-4-6-8-22)34-33(40)45-29-19-44-32-25(29)13-14-43-32/h4-12,15,20,25-26,28-29,32,39H,13-14,16-19H2,1-3H3,(H,34,40)/t25-,26-,28+,29-,32+/m0/s1. The summed E-state index contributed by atoms with van der Waals surface area (Å²) in [6, 6.07) is 16.2. The van der Waals surface area contributed by atoms with Crippen molar-refractivity contribution >= 4 is 16.1 Å². The van der Waals surface area contributed by atoms with Crippen molar-refractivity contribution < 1.29 is 41.6 Å². The van der Waals surface area contributed by atoms with Gasteiger partial charge in [-0.2, -0.15) is 9.29 Å². The van der Waals surface area contributed by atoms with Crippen molar-refractivity contribution in [1.29, 1.82) is 0 Å². The molecule has 0 bridgehead atoms. The predicted octanol–water partition coefficient (Wildman–Crippen LogP) is 3.81. The predicted molar refractivity (Wildman–Crippen MR) is 171 cm³/mol. The van der Waals surface area contributed by atoms with Crippen LogP contribution in [0.1, 0.15) is 31.6 Å². The van der Waals surface area contributed by atoms with E-state index < -0.39 is 34.4 Å². The summed E-state index contributed by atoms with van der Waals surface area (Å²) in [5.74, 6) is 0.913. The van der Waals surface area contributed by atoms with Crippen LogP contribution in [-0.2, 0) is 30.7 Å². The van der Waals surface area contributed by atoms with Gasteiger partial charge in [-0.3, -0.25) is 0 Å². The number of sulfonamides is 1. The largest absolute Gasteiger partial charge is 0.443 e. The van der Waals surface area contributed by atoms with E-state index in [9.17, 15) is 18.3 Å². The summed E-state index contributed by atoms with van der Waals surface area (Å²) in [5, 5.41) is 22.2. The molecule has 256 valence electrons. The molecule has 0 spiro atoms. The number of nitrogens with one attached hydrogen (secondary N) is 1. The third kappa shape index (κ3) is 7.76. The van der Waals surface area contributed by atoms with Gasteiger partial charge in [-0.15, -0.1) is 0 Å². The molecule has 48 heavy (non-hydrogen) atoms. The molecule has 2 aromatic carbocycles. The molecule has 2 aliphatic rings. The fourth-order valence-corrected chi connectivity index (χ4v) is 7.49. The van der Waals surface area contributed by atoms with Crippen LogP contribution in [0.4, 0.5) is 4.79 Å². The summed E-state index contributed by atoms with van der Waals surface area (Å²) in [6.07, 6.45) is -1.87. The molecule has 15 heteroatoms. The number of benzene rings is 2. The smallest absolute Gasteiger partial charge is 0.407 e. The van der Waals surface area contributed by atoms with Gasteiger partial charge >= 0.3 is 6.09 Å². The van der Waals surface area contributed by atoms with Gasteiger partial charge in [0.1, 0.15) is 11.9 Å². The second-order valence-electron chi connectivity index (χ2n) is 12.5. The van der Waals surface area contributed by atoms with Crippen molar-refractivity contribution in [1.82, 2.24) is 24.9 Å². The highest BCUT2D eigenvalue weighted by Gasteiger charge is 2.44. The zero-order valence-corrected chi connectivity index (χ0v) is 27.7. The first kappa shape index (κ1) is 33.7. The summed E-state index contributed by atoms with van der Waals surface area (Å²) in [7, 11) is -4.08. The number of hydrogen-bond acceptors (Lipinski definition) is 12. The molecule has 2 saturated heterocycles. The van der Waals surface area contributed by atoms with Gasteiger partial charge in [-0.25, -0.2) is 13.2 Å². The minimum Gasteiger partial charge on any atom is -0.443 e. The first-order valence-electron chi connectivity index (χ1n) is 15.9. The monoisotopic (exact) mass is 681 g/mol. The average molecular weight is 682 g/mol. The molecule has 6 rings (SSSR count). The molecule has 0 radical (unpaired) electrons. The van der Waals surface area contributed by atoms with E-state index in [1.54, 1.807) is 25.1 Å². The number of nitrogens with zero attached hydrogens (tertiary/aromatic N) is 4. The third-order valence-corrected chi connectivity index (χ3v) is 10.1. The molecular weight excluding hydrogens is 642 g/mol. The Labute approximate surface area is 278 Å². The summed E-state index contributed by atoms with van der Waals surface area (Å²) in [5.41, 5.74) is 1.78. The molecule has 4 aromatic rings. The Morgan fingerprint density at radius 2 is 1.83 bits per heavy atom. The van der Waals surface area contributed by atoms with Crippen molar-refractivity contribution in [2.75, 3.05) is 26.3 Å². The minimum absolute atomic E-state index is 0.0245. The molecule has 0 aliphatic carbocycles. The first-order valence-corrected chi connectivity index (χ1v) is 17.3. The maximum Gasteiger partial charge on any atom is 0.407 e. The maximum atomic E-state index is 14.0. The molecule has 2 fully saturated rings. The number of alkyl carbamates (subject to hydrolysis) is 1. The quantitative estimate of drug-likeness (QED) is 0.209. The van der Waals surface area contributed by atoms with Crippen molar-refractivity contribution in [3.63, 3.8) is 0 Å². The van der Waals surface area contributed by atoms with Crippen molar-refractivity contribution in [2.24, 2.45) is 11.8 Å². The highest BCUT2D eigenvalue weighted by molar-refractivity contribution is 7.89. The number of aromatic nitrogens is 3. The lowest BCUT2D eigenvalue weighted by atomic mass is 10.0. The van der Waals surface area contributed by atoms with Gasteiger partial charge in [-0.05, 0) is 55.5 Å². The van der Waals surface area contributed by atoms with E-state index in [2.05, 4.69) is 20.6 Å². The Hall–Kier alpha value is -4.15. The fraction of sp³-hybridized carbons (Fsp3) is 0.455. The zero-order chi connectivity index (χ0) is 33.8. The van der Waals surface area contributed by atoms with Gasteiger partial charge < -0.3 is 33.7 Å². The highest BCUT2D eigenvalue weighted by atomic mass is 32.2. The molecule has 0 saturated carbocycles. The zero-order valence-electron chi connectivity index (χ0n) is 26.9. The van der Waals surface area contributed by atoms with Crippen molar-refractivity contribution in [3.05, 3.63) is 72.0 Å². The van der Waals surface area contributed by atoms with Crippen molar-refractivity contribution in [2.45, 2.75) is 63.0 Å². The van der Waals surface area contributed by atoms with Crippen LogP contribution in [0.15, 0.2) is 74.6 Å². The van der Waals surface area contributed by atoms with Gasteiger partial charge in [0.25, 0.3) is 5.89 Å². The number of aliphatic hydroxyl groups excluding tert-OH is 1. The number of ether oxygens (including phenoxy) is 3. The van der Waals surface area contributed by atoms with E-state index in [0.29, 0.717) is 23.6 Å². The Morgan fingerprint density at radius 1 is 1.06 bits per heavy atom. The van der Waals surface area contributed by atoms with Crippen LogP contribution in [0.2, 0.25) is 0 Å². The SMILES string of the molecule is Cc1cc(-c2nc(-c3ccc(S(=O)(=O)N(CC(C)C)C[C@@H](O)[C@H](Cc4ccccc4)NC(=O)O[C@H]4CO[C@H]5OCC[C@H]54)cc3)no2)no1. The van der Waals surface area contributed by atoms with Gasteiger partial charge in [-0.1, -0.05) is 54.5 Å². The normalized spacial score (nSPS) is 20.6. The number of amides is 1. The minimum atomic E-state index is -4.08. The molecular formula is C33H39N5O9S. The van der Waals surface area contributed by atoms with Crippen LogP contribution in [0.3, 0.4) is 0 Å². The number of fused-ring (bicyclic) bond motifs is 1. The molecule has 1 amide bonds. The topological polar surface area (TPSA) is 179 Å². The second kappa shape index (κ2) is 14.5. The number of carbonyl (C=O) groups is 1. The first-order chi connectivity index (χ1) is 23.1. The van der Waals surface area contributed by atoms with Crippen LogP contribution < -0.4 is 5.32 Å². The number of rotatable bonds is 13. The summed E-state index contributed by atoms with van der Waals surface area (Å²) < 4.78 is 56.4. The Bertz CT molecular complexity index is 1780. The molecule has 4 heterocycles. The molecule has 14 nitrogen and oxygen atoms in total. The molecule has 2 aromatic heterocycles. The molecule has 5 atom stereocenters. The summed E-state index contributed by atoms with van der Waals surface area (Å²) >= 11 is 0. The lowest BCUT2D eigenvalue weighted by Gasteiger charge is -2.31. The molecule has 2 N–H and O–H groups in total. The summed E-state index contributed by atoms with van der Waals surface area (Å²) in [4.78, 5) is 17.5. The van der Waals surface area contributed by atoms with Crippen LogP contribution in [0.25, 0.3) is 23.0 Å². The Kier molecular flexibility index (Phi) is 10.2. The lowest BCUT2D eigenvalue weighted by Crippen LogP contribution is -2.51. The van der Waals surface area contributed by atoms with Crippen LogP contribution in [0, 0.1) is 18.8 Å². The fourth-order valence-electron chi connectivity index (χ4n) is 5.87. The number of aliphatic hydroxyl groups is 1. The maximum absolute atomic E-state index is 14.0. The van der Waals surface area contributed by atoms with E-state index in [4.69, 9.17) is 23.3 Å². The third-order valence-electron chi connectivity index (χ3n) is 8.29. The van der Waals surface area contributed by atoms with Crippen LogP contribution in [-0.4, -0.2) is 90.1 Å². The Morgan fingerprint density at radius 3 is 2.54 bits per heavy atom. The van der Waals surface area contributed by atoms with Crippen molar-refractivity contribution in [3.8, 4) is 23.0 Å². The van der Waals surface area contributed by atoms with E-state index in [-0.39, 0.29) is 60.9 Å². The van der Waals surface area contributed by atoms with Gasteiger partial charge in [0.05, 0.1) is 36.2 Å². The van der Waals surface area contributed by atoms with Crippen LogP contribution >= 0.6 is 0 Å². The number of aryl methyl sites for hydroxylation is 1. The van der Waals surface area contributed by atoms with Gasteiger partial charge in [0.2, 0.25) is 15.8 Å². The Balaban J connectivity index is 1.18.